The van der Waals surface area contributed by atoms with Crippen LogP contribution in [0.15, 0.2) is 23.4 Å². The molecule has 0 saturated carbocycles. The van der Waals surface area contributed by atoms with Crippen molar-refractivity contribution >= 4 is 0 Å². The van der Waals surface area contributed by atoms with Crippen LogP contribution in [0.5, 0.6) is 0 Å². The Bertz CT molecular complexity index is 283. The molecule has 2 nitrogen and oxygen atoms in total. The fraction of sp³-hybridized carbons (Fsp3) is 0.692. The van der Waals surface area contributed by atoms with Gasteiger partial charge in [-0.05, 0) is 32.4 Å². The number of hydrogen-bond acceptors (Lipinski definition) is 2. The molecule has 0 bridgehead atoms. The third-order valence-electron chi connectivity index (χ3n) is 3.74. The van der Waals surface area contributed by atoms with Gasteiger partial charge in [-0.25, -0.2) is 0 Å². The molecule has 0 radical (unpaired) electrons. The quantitative estimate of drug-likeness (QED) is 0.648. The molecule has 1 heterocycles. The summed E-state index contributed by atoms with van der Waals surface area (Å²) in [7, 11) is 2.21. The molecule has 15 heavy (non-hydrogen) atoms. The highest BCUT2D eigenvalue weighted by Crippen LogP contribution is 2.26. The van der Waals surface area contributed by atoms with Gasteiger partial charge in [0.05, 0.1) is 0 Å². The van der Waals surface area contributed by atoms with E-state index in [2.05, 4.69) is 42.8 Å². The number of allylic oxidation sites excluding steroid dienone is 4. The Hall–Kier alpha value is -0.760. The van der Waals surface area contributed by atoms with Crippen molar-refractivity contribution in [1.82, 2.24) is 9.80 Å². The zero-order valence-electron chi connectivity index (χ0n) is 10.2. The van der Waals surface area contributed by atoms with Crippen molar-refractivity contribution in [3.8, 4) is 0 Å². The van der Waals surface area contributed by atoms with Crippen molar-refractivity contribution in [2.45, 2.75) is 20.3 Å². The van der Waals surface area contributed by atoms with Crippen LogP contribution in [0.4, 0.5) is 0 Å². The van der Waals surface area contributed by atoms with Gasteiger partial charge in [-0.1, -0.05) is 18.6 Å². The van der Waals surface area contributed by atoms with Crippen LogP contribution >= 0.6 is 0 Å². The zero-order chi connectivity index (χ0) is 10.8. The fourth-order valence-electron chi connectivity index (χ4n) is 2.26. The molecule has 1 aliphatic heterocycles. The molecule has 2 aliphatic rings. The summed E-state index contributed by atoms with van der Waals surface area (Å²) in [4.78, 5) is 4.96. The van der Waals surface area contributed by atoms with Crippen molar-refractivity contribution in [1.29, 1.82) is 0 Å². The molecule has 0 N–H and O–H groups in total. The fourth-order valence-corrected chi connectivity index (χ4v) is 2.26. The third-order valence-corrected chi connectivity index (χ3v) is 3.74. The molecule has 84 valence electrons. The first-order valence-corrected chi connectivity index (χ1v) is 5.97. The van der Waals surface area contributed by atoms with E-state index in [1.807, 2.05) is 0 Å². The molecule has 2 heteroatoms. The van der Waals surface area contributed by atoms with E-state index in [1.165, 1.54) is 38.2 Å². The monoisotopic (exact) mass is 206 g/mol. The van der Waals surface area contributed by atoms with Gasteiger partial charge in [0.2, 0.25) is 0 Å². The lowest BCUT2D eigenvalue weighted by molar-refractivity contribution is 0.179. The van der Waals surface area contributed by atoms with E-state index in [0.29, 0.717) is 0 Å². The van der Waals surface area contributed by atoms with Crippen LogP contribution in [-0.4, -0.2) is 43.0 Å². The highest BCUT2D eigenvalue weighted by atomic mass is 15.2. The van der Waals surface area contributed by atoms with E-state index >= 15 is 0 Å². The molecule has 1 fully saturated rings. The Morgan fingerprint density at radius 2 is 1.80 bits per heavy atom. The van der Waals surface area contributed by atoms with E-state index in [0.717, 1.165) is 5.92 Å². The van der Waals surface area contributed by atoms with Gasteiger partial charge in [-0.2, -0.15) is 0 Å². The largest absolute Gasteiger partial charge is 0.372 e. The maximum absolute atomic E-state index is 2.55. The predicted octanol–water partition coefficient (Wildman–Crippen LogP) is 2.10. The Morgan fingerprint density at radius 1 is 1.13 bits per heavy atom. The van der Waals surface area contributed by atoms with Crippen LogP contribution in [0.1, 0.15) is 20.3 Å². The molecule has 1 saturated heterocycles. The minimum Gasteiger partial charge on any atom is -0.372 e. The smallest absolute Gasteiger partial charge is 0.0303 e. The Kier molecular flexibility index (Phi) is 3.15. The van der Waals surface area contributed by atoms with E-state index in [4.69, 9.17) is 0 Å². The second kappa shape index (κ2) is 4.40. The van der Waals surface area contributed by atoms with E-state index < -0.39 is 0 Å². The first-order valence-electron chi connectivity index (χ1n) is 5.97. The summed E-state index contributed by atoms with van der Waals surface area (Å²) in [6.07, 6.45) is 5.84. The first kappa shape index (κ1) is 10.7. The average Bonchev–Trinajstić information content (AvgIpc) is 2.23. The van der Waals surface area contributed by atoms with Crippen molar-refractivity contribution in [2.24, 2.45) is 5.92 Å². The minimum atomic E-state index is 0.727. The lowest BCUT2D eigenvalue weighted by atomic mass is 9.92. The molecule has 1 aliphatic carbocycles. The Labute approximate surface area is 93.2 Å². The van der Waals surface area contributed by atoms with Gasteiger partial charge in [0, 0.05) is 31.9 Å². The zero-order valence-corrected chi connectivity index (χ0v) is 10.2. The summed E-state index contributed by atoms with van der Waals surface area (Å²) in [5, 5.41) is 0. The maximum atomic E-state index is 2.55. The summed E-state index contributed by atoms with van der Waals surface area (Å²) < 4.78 is 0. The van der Waals surface area contributed by atoms with Crippen LogP contribution in [0.3, 0.4) is 0 Å². The molecule has 0 aromatic heterocycles. The number of hydrogen-bond donors (Lipinski definition) is 0. The van der Waals surface area contributed by atoms with Gasteiger partial charge in [-0.3, -0.25) is 0 Å². The summed E-state index contributed by atoms with van der Waals surface area (Å²) in [5.74, 6) is 0.727. The normalized spacial score (nSPS) is 28.7. The number of likely N-dealkylation sites (N-methyl/N-ethyl adjacent to an activating group) is 1. The lowest BCUT2D eigenvalue weighted by Gasteiger charge is -2.37. The van der Waals surface area contributed by atoms with E-state index in [1.54, 1.807) is 5.70 Å². The molecular formula is C13H22N2. The summed E-state index contributed by atoms with van der Waals surface area (Å²) in [5.41, 5.74) is 3.06. The highest BCUT2D eigenvalue weighted by molar-refractivity contribution is 5.24. The standard InChI is InChI=1S/C13H22N2/c1-11-4-5-13(10-12(11)2)15-8-6-14(3)7-9-15/h4-5,12H,6-10H2,1-3H3. The van der Waals surface area contributed by atoms with Crippen LogP contribution < -0.4 is 0 Å². The van der Waals surface area contributed by atoms with Crippen molar-refractivity contribution in [2.75, 3.05) is 33.2 Å². The molecule has 2 rings (SSSR count). The van der Waals surface area contributed by atoms with Gasteiger partial charge in [0.25, 0.3) is 0 Å². The van der Waals surface area contributed by atoms with Crippen LogP contribution in [0, 0.1) is 5.92 Å². The second-order valence-corrected chi connectivity index (χ2v) is 4.96. The number of piperazine rings is 1. The van der Waals surface area contributed by atoms with Gasteiger partial charge < -0.3 is 9.80 Å². The van der Waals surface area contributed by atoms with Crippen molar-refractivity contribution in [3.05, 3.63) is 23.4 Å². The van der Waals surface area contributed by atoms with Crippen LogP contribution in [0.2, 0.25) is 0 Å². The summed E-state index contributed by atoms with van der Waals surface area (Å²) in [6.45, 7) is 9.36. The van der Waals surface area contributed by atoms with E-state index in [9.17, 15) is 0 Å². The molecule has 0 spiro atoms. The molecule has 1 atom stereocenters. The van der Waals surface area contributed by atoms with Crippen molar-refractivity contribution < 1.29 is 0 Å². The van der Waals surface area contributed by atoms with Gasteiger partial charge >= 0.3 is 0 Å². The SMILES string of the molecule is CC1=CC=C(N2CCN(C)CC2)CC1C. The number of nitrogens with zero attached hydrogens (tertiary/aromatic N) is 2. The molecule has 0 aromatic carbocycles. The van der Waals surface area contributed by atoms with Gasteiger partial charge in [-0.15, -0.1) is 0 Å². The van der Waals surface area contributed by atoms with Crippen molar-refractivity contribution in [3.63, 3.8) is 0 Å². The van der Waals surface area contributed by atoms with Crippen LogP contribution in [-0.2, 0) is 0 Å². The first-order chi connectivity index (χ1) is 7.16. The minimum absolute atomic E-state index is 0.727. The van der Waals surface area contributed by atoms with E-state index in [-0.39, 0.29) is 0 Å². The summed E-state index contributed by atoms with van der Waals surface area (Å²) in [6, 6.07) is 0. The molecular weight excluding hydrogens is 184 g/mol. The molecule has 1 unspecified atom stereocenters. The topological polar surface area (TPSA) is 6.48 Å². The van der Waals surface area contributed by atoms with Crippen LogP contribution in [0.25, 0.3) is 0 Å². The lowest BCUT2D eigenvalue weighted by Crippen LogP contribution is -2.44. The Balaban J connectivity index is 2.00. The average molecular weight is 206 g/mol. The Morgan fingerprint density at radius 3 is 2.40 bits per heavy atom. The maximum Gasteiger partial charge on any atom is 0.0303 e. The van der Waals surface area contributed by atoms with Gasteiger partial charge in [0.15, 0.2) is 0 Å². The third kappa shape index (κ3) is 2.43. The van der Waals surface area contributed by atoms with Gasteiger partial charge in [0.1, 0.15) is 0 Å². The molecule has 0 aromatic rings. The number of rotatable bonds is 1. The summed E-state index contributed by atoms with van der Waals surface area (Å²) >= 11 is 0. The predicted molar refractivity (Wildman–Crippen MR) is 64.7 cm³/mol. The second-order valence-electron chi connectivity index (χ2n) is 4.96. The molecule has 0 amide bonds. The highest BCUT2D eigenvalue weighted by Gasteiger charge is 2.19.